The van der Waals surface area contributed by atoms with Gasteiger partial charge in [0.05, 0.1) is 0 Å². The number of benzene rings is 1. The van der Waals surface area contributed by atoms with Crippen molar-refractivity contribution in [1.82, 2.24) is 10.6 Å². The van der Waals surface area contributed by atoms with Crippen LogP contribution in [0.1, 0.15) is 25.3 Å². The molecule has 0 spiro atoms. The van der Waals surface area contributed by atoms with Crippen LogP contribution in [-0.2, 0) is 6.42 Å². The van der Waals surface area contributed by atoms with Crippen molar-refractivity contribution in [2.24, 2.45) is 5.92 Å². The lowest BCUT2D eigenvalue weighted by Gasteiger charge is -2.12. The van der Waals surface area contributed by atoms with Crippen LogP contribution in [0.5, 0.6) is 5.75 Å². The van der Waals surface area contributed by atoms with Gasteiger partial charge < -0.3 is 20.8 Å². The lowest BCUT2D eigenvalue weighted by Crippen LogP contribution is -2.38. The summed E-state index contributed by atoms with van der Waals surface area (Å²) in [5, 5.41) is 23.5. The molecule has 5 heteroatoms. The second-order valence-electron chi connectivity index (χ2n) is 5.02. The van der Waals surface area contributed by atoms with Crippen LogP contribution in [-0.4, -0.2) is 35.9 Å². The molecule has 0 fully saturated rings. The number of phenolic OH excluding ortho intramolecular Hbond substituents is 1. The fraction of sp³-hybridized carbons (Fsp3) is 0.533. The molecule has 1 rings (SSSR count). The van der Waals surface area contributed by atoms with Gasteiger partial charge in [0.15, 0.2) is 0 Å². The lowest BCUT2D eigenvalue weighted by molar-refractivity contribution is 0.234. The van der Waals surface area contributed by atoms with Gasteiger partial charge in [-0.25, -0.2) is 4.79 Å². The van der Waals surface area contributed by atoms with Gasteiger partial charge in [-0.15, -0.1) is 0 Å². The lowest BCUT2D eigenvalue weighted by atomic mass is 10.1. The Balaban J connectivity index is 2.08. The van der Waals surface area contributed by atoms with Crippen LogP contribution in [0.4, 0.5) is 4.79 Å². The molecule has 0 aliphatic heterocycles. The Bertz CT molecular complexity index is 393. The van der Waals surface area contributed by atoms with Crippen molar-refractivity contribution in [1.29, 1.82) is 0 Å². The van der Waals surface area contributed by atoms with Gasteiger partial charge in [0.2, 0.25) is 0 Å². The number of rotatable bonds is 8. The molecule has 20 heavy (non-hydrogen) atoms. The Hall–Kier alpha value is -1.75. The normalized spacial score (nSPS) is 11.9. The molecule has 0 radical (unpaired) electrons. The molecule has 112 valence electrons. The van der Waals surface area contributed by atoms with E-state index in [0.29, 0.717) is 19.5 Å². The van der Waals surface area contributed by atoms with Gasteiger partial charge in [0.25, 0.3) is 0 Å². The summed E-state index contributed by atoms with van der Waals surface area (Å²) in [6.07, 6.45) is 2.41. The first kappa shape index (κ1) is 16.3. The van der Waals surface area contributed by atoms with Crippen LogP contribution >= 0.6 is 0 Å². The summed E-state index contributed by atoms with van der Waals surface area (Å²) in [4.78, 5) is 11.5. The van der Waals surface area contributed by atoms with Gasteiger partial charge in [-0.2, -0.15) is 0 Å². The number of aromatic hydroxyl groups is 1. The molecule has 0 saturated carbocycles. The number of phenols is 1. The zero-order valence-electron chi connectivity index (χ0n) is 11.9. The highest BCUT2D eigenvalue weighted by Gasteiger charge is 2.04. The molecule has 0 aliphatic rings. The molecule has 1 aromatic carbocycles. The SMILES string of the molecule is CC(CCO)CNC(=O)NCCCc1ccc(O)cc1. The Labute approximate surface area is 120 Å². The highest BCUT2D eigenvalue weighted by Crippen LogP contribution is 2.10. The third kappa shape index (κ3) is 6.99. The summed E-state index contributed by atoms with van der Waals surface area (Å²) >= 11 is 0. The van der Waals surface area contributed by atoms with E-state index < -0.39 is 0 Å². The van der Waals surface area contributed by atoms with Crippen molar-refractivity contribution in [3.63, 3.8) is 0 Å². The van der Waals surface area contributed by atoms with Crippen molar-refractivity contribution in [2.75, 3.05) is 19.7 Å². The summed E-state index contributed by atoms with van der Waals surface area (Å²) in [5.41, 5.74) is 1.14. The minimum atomic E-state index is -0.166. The molecule has 0 bridgehead atoms. The van der Waals surface area contributed by atoms with Gasteiger partial charge in [0.1, 0.15) is 5.75 Å². The van der Waals surface area contributed by atoms with Gasteiger partial charge in [-0.05, 0) is 42.9 Å². The molecule has 0 aromatic heterocycles. The van der Waals surface area contributed by atoms with E-state index in [4.69, 9.17) is 10.2 Å². The van der Waals surface area contributed by atoms with Crippen LogP contribution in [0, 0.1) is 5.92 Å². The van der Waals surface area contributed by atoms with Crippen molar-refractivity contribution in [2.45, 2.75) is 26.2 Å². The number of hydrogen-bond donors (Lipinski definition) is 4. The second-order valence-corrected chi connectivity index (χ2v) is 5.02. The average Bonchev–Trinajstić information content (AvgIpc) is 2.43. The molecule has 1 aromatic rings. The quantitative estimate of drug-likeness (QED) is 0.546. The molecule has 4 N–H and O–H groups in total. The van der Waals surface area contributed by atoms with E-state index in [0.717, 1.165) is 18.4 Å². The van der Waals surface area contributed by atoms with Crippen LogP contribution < -0.4 is 10.6 Å². The molecular formula is C15H24N2O3. The summed E-state index contributed by atoms with van der Waals surface area (Å²) in [5.74, 6) is 0.547. The van der Waals surface area contributed by atoms with Crippen molar-refractivity contribution in [3.8, 4) is 5.75 Å². The first-order valence-corrected chi connectivity index (χ1v) is 7.02. The Morgan fingerprint density at radius 1 is 1.25 bits per heavy atom. The second kappa shape index (κ2) is 9.20. The van der Waals surface area contributed by atoms with Crippen molar-refractivity contribution >= 4 is 6.03 Å². The van der Waals surface area contributed by atoms with E-state index >= 15 is 0 Å². The largest absolute Gasteiger partial charge is 0.508 e. The predicted octanol–water partition coefficient (Wildman–Crippen LogP) is 1.64. The number of nitrogens with one attached hydrogen (secondary N) is 2. The monoisotopic (exact) mass is 280 g/mol. The number of amides is 2. The number of carbonyl (C=O) groups excluding carboxylic acids is 1. The first-order chi connectivity index (χ1) is 9.61. The summed E-state index contributed by atoms with van der Waals surface area (Å²) in [6.45, 7) is 3.32. The number of urea groups is 1. The van der Waals surface area contributed by atoms with Crippen LogP contribution in [0.3, 0.4) is 0 Å². The van der Waals surface area contributed by atoms with Crippen molar-refractivity contribution in [3.05, 3.63) is 29.8 Å². The topological polar surface area (TPSA) is 81.6 Å². The van der Waals surface area contributed by atoms with E-state index in [1.54, 1.807) is 12.1 Å². The van der Waals surface area contributed by atoms with Crippen LogP contribution in [0.2, 0.25) is 0 Å². The number of aryl methyl sites for hydroxylation is 1. The minimum Gasteiger partial charge on any atom is -0.508 e. The fourth-order valence-corrected chi connectivity index (χ4v) is 1.81. The molecular weight excluding hydrogens is 256 g/mol. The molecule has 1 unspecified atom stereocenters. The zero-order chi connectivity index (χ0) is 14.8. The van der Waals surface area contributed by atoms with E-state index in [-0.39, 0.29) is 24.3 Å². The van der Waals surface area contributed by atoms with Gasteiger partial charge >= 0.3 is 6.03 Å². The summed E-state index contributed by atoms with van der Waals surface area (Å²) < 4.78 is 0. The minimum absolute atomic E-state index is 0.150. The fourth-order valence-electron chi connectivity index (χ4n) is 1.81. The van der Waals surface area contributed by atoms with Crippen LogP contribution in [0.15, 0.2) is 24.3 Å². The molecule has 0 aliphatic carbocycles. The Morgan fingerprint density at radius 2 is 1.95 bits per heavy atom. The maximum atomic E-state index is 11.5. The number of aliphatic hydroxyl groups is 1. The smallest absolute Gasteiger partial charge is 0.314 e. The summed E-state index contributed by atoms with van der Waals surface area (Å²) in [6, 6.07) is 6.93. The Morgan fingerprint density at radius 3 is 2.60 bits per heavy atom. The van der Waals surface area contributed by atoms with Gasteiger partial charge in [0, 0.05) is 19.7 Å². The maximum Gasteiger partial charge on any atom is 0.314 e. The van der Waals surface area contributed by atoms with E-state index in [1.807, 2.05) is 19.1 Å². The van der Waals surface area contributed by atoms with E-state index in [9.17, 15) is 4.79 Å². The third-order valence-electron chi connectivity index (χ3n) is 3.10. The molecule has 1 atom stereocenters. The Kier molecular flexibility index (Phi) is 7.50. The number of aliphatic hydroxyl groups excluding tert-OH is 1. The maximum absolute atomic E-state index is 11.5. The number of carbonyl (C=O) groups is 1. The zero-order valence-corrected chi connectivity index (χ0v) is 11.9. The van der Waals surface area contributed by atoms with Crippen molar-refractivity contribution < 1.29 is 15.0 Å². The molecule has 5 nitrogen and oxygen atoms in total. The first-order valence-electron chi connectivity index (χ1n) is 7.02. The average molecular weight is 280 g/mol. The molecule has 0 saturated heterocycles. The highest BCUT2D eigenvalue weighted by atomic mass is 16.3. The highest BCUT2D eigenvalue weighted by molar-refractivity contribution is 5.73. The molecule has 2 amide bonds. The van der Waals surface area contributed by atoms with E-state index in [1.165, 1.54) is 0 Å². The van der Waals surface area contributed by atoms with Crippen LogP contribution in [0.25, 0.3) is 0 Å². The standard InChI is InChI=1S/C15H24N2O3/c1-12(8-10-18)11-17-15(20)16-9-2-3-13-4-6-14(19)7-5-13/h4-7,12,18-19H,2-3,8-11H2,1H3,(H2,16,17,20). The van der Waals surface area contributed by atoms with Gasteiger partial charge in [-0.1, -0.05) is 19.1 Å². The van der Waals surface area contributed by atoms with E-state index in [2.05, 4.69) is 10.6 Å². The third-order valence-corrected chi connectivity index (χ3v) is 3.10. The summed E-state index contributed by atoms with van der Waals surface area (Å²) in [7, 11) is 0. The van der Waals surface area contributed by atoms with Gasteiger partial charge in [-0.3, -0.25) is 0 Å². The number of hydrogen-bond acceptors (Lipinski definition) is 3. The molecule has 0 heterocycles. The predicted molar refractivity (Wildman–Crippen MR) is 78.7 cm³/mol.